The lowest BCUT2D eigenvalue weighted by molar-refractivity contribution is -0.139. The molecule has 2 atom stereocenters. The summed E-state index contributed by atoms with van der Waals surface area (Å²) in [4.78, 5) is 19.0. The maximum absolute atomic E-state index is 10.2. The van der Waals surface area contributed by atoms with Crippen LogP contribution in [0.15, 0.2) is 0 Å². The number of nitrogens with two attached hydrogens (primary N) is 3. The standard InChI is InChI=1S/C6H13NO2.C2H7NO.CH3NO2/c1-3-4(2)5(7)6(8)9;3-1-2-4;2-1(3)4/h4-5H,3,7H2,1-2H3,(H,8,9);4H,1-3H2;2H2,(H,3,4)/t4-,5-;;/m0../s1. The van der Waals surface area contributed by atoms with Crippen molar-refractivity contribution in [2.45, 2.75) is 26.3 Å². The number of amides is 1. The zero-order chi connectivity index (χ0) is 14.4. The minimum Gasteiger partial charge on any atom is -0.480 e. The van der Waals surface area contributed by atoms with Crippen molar-refractivity contribution in [2.75, 3.05) is 13.2 Å². The minimum atomic E-state index is -1.33. The molecule has 0 aliphatic heterocycles. The molecule has 17 heavy (non-hydrogen) atoms. The van der Waals surface area contributed by atoms with Crippen LogP contribution in [0.25, 0.3) is 0 Å². The van der Waals surface area contributed by atoms with Gasteiger partial charge in [0.05, 0.1) is 6.61 Å². The van der Waals surface area contributed by atoms with E-state index in [2.05, 4.69) is 5.73 Å². The summed E-state index contributed by atoms with van der Waals surface area (Å²) in [6.07, 6.45) is -0.520. The van der Waals surface area contributed by atoms with Gasteiger partial charge >= 0.3 is 12.1 Å². The topological polar surface area (TPSA) is 173 Å². The van der Waals surface area contributed by atoms with Crippen molar-refractivity contribution < 1.29 is 24.9 Å². The van der Waals surface area contributed by atoms with Crippen molar-refractivity contribution in [3.63, 3.8) is 0 Å². The molecular weight excluding hydrogens is 230 g/mol. The van der Waals surface area contributed by atoms with Gasteiger partial charge in [0.15, 0.2) is 0 Å². The van der Waals surface area contributed by atoms with Gasteiger partial charge < -0.3 is 32.5 Å². The van der Waals surface area contributed by atoms with Gasteiger partial charge in [-0.15, -0.1) is 0 Å². The summed E-state index contributed by atoms with van der Waals surface area (Å²) in [5.41, 5.74) is 14.1. The van der Waals surface area contributed by atoms with Crippen LogP contribution in [0.4, 0.5) is 4.79 Å². The highest BCUT2D eigenvalue weighted by Gasteiger charge is 2.17. The van der Waals surface area contributed by atoms with Crippen LogP contribution in [0, 0.1) is 5.92 Å². The largest absolute Gasteiger partial charge is 0.480 e. The van der Waals surface area contributed by atoms with E-state index in [1.807, 2.05) is 13.8 Å². The van der Waals surface area contributed by atoms with E-state index in [-0.39, 0.29) is 12.5 Å². The first-order valence-corrected chi connectivity index (χ1v) is 5.02. The molecule has 8 nitrogen and oxygen atoms in total. The van der Waals surface area contributed by atoms with Crippen molar-refractivity contribution in [1.82, 2.24) is 0 Å². The van der Waals surface area contributed by atoms with Crippen LogP contribution in [0.1, 0.15) is 20.3 Å². The SMILES string of the molecule is CC[C@H](C)[C@H](N)C(=O)O.NC(=O)O.NCCO. The van der Waals surface area contributed by atoms with Gasteiger partial charge in [0.25, 0.3) is 0 Å². The van der Waals surface area contributed by atoms with Crippen LogP contribution in [-0.4, -0.2) is 46.6 Å². The number of aliphatic hydroxyl groups excluding tert-OH is 1. The Morgan fingerprint density at radius 3 is 1.65 bits per heavy atom. The van der Waals surface area contributed by atoms with Crippen molar-refractivity contribution >= 4 is 12.1 Å². The maximum atomic E-state index is 10.2. The Balaban J connectivity index is -0.000000205. The van der Waals surface area contributed by atoms with Gasteiger partial charge in [-0.2, -0.15) is 0 Å². The molecule has 0 aliphatic rings. The first kappa shape index (κ1) is 21.0. The molecule has 9 N–H and O–H groups in total. The van der Waals surface area contributed by atoms with Gasteiger partial charge in [0, 0.05) is 6.54 Å². The first-order chi connectivity index (χ1) is 7.74. The summed E-state index contributed by atoms with van der Waals surface area (Å²) >= 11 is 0. The average molecular weight is 253 g/mol. The molecule has 0 unspecified atom stereocenters. The van der Waals surface area contributed by atoms with Gasteiger partial charge in [0.1, 0.15) is 6.04 Å². The molecule has 0 saturated heterocycles. The fourth-order valence-electron chi connectivity index (χ4n) is 0.497. The molecule has 0 fully saturated rings. The monoisotopic (exact) mass is 253 g/mol. The van der Waals surface area contributed by atoms with Crippen molar-refractivity contribution in [3.05, 3.63) is 0 Å². The van der Waals surface area contributed by atoms with E-state index < -0.39 is 18.1 Å². The summed E-state index contributed by atoms with van der Waals surface area (Å²) in [6, 6.07) is -0.699. The highest BCUT2D eigenvalue weighted by Crippen LogP contribution is 2.04. The quantitative estimate of drug-likeness (QED) is 0.372. The van der Waals surface area contributed by atoms with Crippen LogP contribution in [0.5, 0.6) is 0 Å². The summed E-state index contributed by atoms with van der Waals surface area (Å²) < 4.78 is 0. The van der Waals surface area contributed by atoms with E-state index in [9.17, 15) is 4.79 Å². The van der Waals surface area contributed by atoms with Gasteiger partial charge in [-0.25, -0.2) is 4.79 Å². The molecule has 0 aromatic rings. The fraction of sp³-hybridized carbons (Fsp3) is 0.778. The normalized spacial score (nSPS) is 12.1. The summed E-state index contributed by atoms with van der Waals surface area (Å²) in [5, 5.41) is 23.3. The summed E-state index contributed by atoms with van der Waals surface area (Å²) in [5.74, 6) is -0.841. The molecule has 1 amide bonds. The second-order valence-electron chi connectivity index (χ2n) is 3.10. The van der Waals surface area contributed by atoms with E-state index in [0.717, 1.165) is 6.42 Å². The third-order valence-corrected chi connectivity index (χ3v) is 1.67. The van der Waals surface area contributed by atoms with Crippen LogP contribution in [-0.2, 0) is 4.79 Å². The second kappa shape index (κ2) is 14.6. The van der Waals surface area contributed by atoms with E-state index >= 15 is 0 Å². The zero-order valence-electron chi connectivity index (χ0n) is 10.2. The molecule has 0 aliphatic carbocycles. The van der Waals surface area contributed by atoms with Crippen LogP contribution >= 0.6 is 0 Å². The van der Waals surface area contributed by atoms with E-state index in [0.29, 0.717) is 6.54 Å². The molecule has 0 bridgehead atoms. The molecule has 0 heterocycles. The van der Waals surface area contributed by atoms with Crippen LogP contribution in [0.2, 0.25) is 0 Å². The highest BCUT2D eigenvalue weighted by atomic mass is 16.4. The number of hydrogen-bond donors (Lipinski definition) is 6. The number of primary amides is 1. The number of carboxylic acids is 1. The Labute approximate surface area is 100 Å². The molecule has 0 saturated carbocycles. The van der Waals surface area contributed by atoms with E-state index in [4.69, 9.17) is 31.6 Å². The Morgan fingerprint density at radius 1 is 1.29 bits per heavy atom. The van der Waals surface area contributed by atoms with E-state index in [1.165, 1.54) is 0 Å². The number of hydrogen-bond acceptors (Lipinski definition) is 5. The summed E-state index contributed by atoms with van der Waals surface area (Å²) in [6.45, 7) is 4.23. The molecule has 0 radical (unpaired) electrons. The first-order valence-electron chi connectivity index (χ1n) is 5.02. The van der Waals surface area contributed by atoms with Crippen molar-refractivity contribution in [2.24, 2.45) is 23.1 Å². The number of carbonyl (C=O) groups is 2. The lowest BCUT2D eigenvalue weighted by atomic mass is 10.0. The highest BCUT2D eigenvalue weighted by molar-refractivity contribution is 5.73. The molecule has 0 aromatic carbocycles. The van der Waals surface area contributed by atoms with Gasteiger partial charge in [0.2, 0.25) is 0 Å². The van der Waals surface area contributed by atoms with Crippen molar-refractivity contribution in [1.29, 1.82) is 0 Å². The van der Waals surface area contributed by atoms with Crippen LogP contribution in [0.3, 0.4) is 0 Å². The molecule has 8 heteroatoms. The number of aliphatic carboxylic acids is 1. The zero-order valence-corrected chi connectivity index (χ0v) is 10.2. The van der Waals surface area contributed by atoms with Gasteiger partial charge in [-0.05, 0) is 5.92 Å². The fourth-order valence-corrected chi connectivity index (χ4v) is 0.497. The molecule has 104 valence electrons. The minimum absolute atomic E-state index is 0.0718. The number of rotatable bonds is 4. The smallest absolute Gasteiger partial charge is 0.402 e. The third kappa shape index (κ3) is 25.2. The predicted molar refractivity (Wildman–Crippen MR) is 63.4 cm³/mol. The summed E-state index contributed by atoms with van der Waals surface area (Å²) in [7, 11) is 0. The number of aliphatic hydroxyl groups is 1. The molecule has 0 aromatic heterocycles. The third-order valence-electron chi connectivity index (χ3n) is 1.67. The average Bonchev–Trinajstić information content (AvgIpc) is 2.26. The van der Waals surface area contributed by atoms with Crippen LogP contribution < -0.4 is 17.2 Å². The van der Waals surface area contributed by atoms with Crippen molar-refractivity contribution in [3.8, 4) is 0 Å². The van der Waals surface area contributed by atoms with E-state index in [1.54, 1.807) is 0 Å². The second-order valence-corrected chi connectivity index (χ2v) is 3.10. The molecule has 0 spiro atoms. The Hall–Kier alpha value is -1.38. The Morgan fingerprint density at radius 2 is 1.59 bits per heavy atom. The number of carboxylic acid groups (broad SMARTS) is 2. The Kier molecular flexibility index (Phi) is 18.0. The van der Waals surface area contributed by atoms with Gasteiger partial charge in [-0.1, -0.05) is 20.3 Å². The molecular formula is C9H23N3O5. The maximum Gasteiger partial charge on any atom is 0.402 e. The lowest BCUT2D eigenvalue weighted by Gasteiger charge is -2.11. The predicted octanol–water partition coefficient (Wildman–Crippen LogP) is -0.995. The van der Waals surface area contributed by atoms with Gasteiger partial charge in [-0.3, -0.25) is 4.79 Å². The Bertz CT molecular complexity index is 195. The molecule has 0 rings (SSSR count). The lowest BCUT2D eigenvalue weighted by Crippen LogP contribution is -2.36.